The Morgan fingerprint density at radius 3 is 2.60 bits per heavy atom. The third-order valence-electron chi connectivity index (χ3n) is 3.17. The molecule has 0 amide bonds. The minimum atomic E-state index is -0.574. The van der Waals surface area contributed by atoms with Crippen LogP contribution in [-0.2, 0) is 4.74 Å². The quantitative estimate of drug-likeness (QED) is 0.495. The van der Waals surface area contributed by atoms with Crippen LogP contribution in [0.25, 0.3) is 11.5 Å². The SMILES string of the molecule is COCC(C)[O-].C[C@H]1COc2ccccc2[C@@H]1N=C([NH-])/N=C(\[NH-])N.[Al+3]. The second-order valence-electron chi connectivity index (χ2n) is 5.49. The Bertz CT molecular complexity index is 577. The van der Waals surface area contributed by atoms with Gasteiger partial charge in [-0.1, -0.05) is 32.0 Å². The summed E-state index contributed by atoms with van der Waals surface area (Å²) in [6.45, 7) is 4.45. The van der Waals surface area contributed by atoms with Crippen molar-refractivity contribution in [1.82, 2.24) is 0 Å². The van der Waals surface area contributed by atoms with Crippen LogP contribution in [0.15, 0.2) is 34.3 Å². The fourth-order valence-corrected chi connectivity index (χ4v) is 2.18. The Balaban J connectivity index is 0.000000715. The molecular weight excluding hydrogens is 337 g/mol. The molecule has 0 bridgehead atoms. The summed E-state index contributed by atoms with van der Waals surface area (Å²) in [5.74, 6) is 0.315. The van der Waals surface area contributed by atoms with Gasteiger partial charge in [-0.2, -0.15) is 0 Å². The van der Waals surface area contributed by atoms with Gasteiger partial charge >= 0.3 is 17.4 Å². The number of hydrogen-bond donors (Lipinski definition) is 1. The molecule has 0 aliphatic carbocycles. The zero-order chi connectivity index (χ0) is 18.1. The van der Waals surface area contributed by atoms with Crippen molar-refractivity contribution in [2.45, 2.75) is 26.0 Å². The maximum atomic E-state index is 10.0. The summed E-state index contributed by atoms with van der Waals surface area (Å²) in [6.07, 6.45) is -0.574. The Morgan fingerprint density at radius 1 is 1.44 bits per heavy atom. The zero-order valence-electron chi connectivity index (χ0n) is 14.7. The van der Waals surface area contributed by atoms with Crippen LogP contribution in [0.2, 0.25) is 0 Å². The van der Waals surface area contributed by atoms with Crippen LogP contribution in [-0.4, -0.2) is 55.7 Å². The summed E-state index contributed by atoms with van der Waals surface area (Å²) in [4.78, 5) is 7.73. The van der Waals surface area contributed by atoms with Gasteiger partial charge in [-0.3, -0.25) is 0 Å². The average Bonchev–Trinajstić information content (AvgIpc) is 2.50. The van der Waals surface area contributed by atoms with Gasteiger partial charge in [0.1, 0.15) is 5.75 Å². The Labute approximate surface area is 159 Å². The Morgan fingerprint density at radius 2 is 2.08 bits per heavy atom. The number of methoxy groups -OCH3 is 1. The van der Waals surface area contributed by atoms with Crippen LogP contribution in [0, 0.1) is 5.92 Å². The van der Waals surface area contributed by atoms with Gasteiger partial charge in [0, 0.05) is 43.2 Å². The number of hydrogen-bond acceptors (Lipinski definition) is 4. The third-order valence-corrected chi connectivity index (χ3v) is 3.17. The van der Waals surface area contributed by atoms with Crippen molar-refractivity contribution in [3.63, 3.8) is 0 Å². The number of para-hydroxylation sites is 1. The maximum Gasteiger partial charge on any atom is 3.00 e. The number of fused-ring (bicyclic) bond motifs is 1. The molecular formula is C16H24AlN5O3. The number of ether oxygens (including phenoxy) is 2. The molecule has 134 valence electrons. The molecule has 25 heavy (non-hydrogen) atoms. The first kappa shape index (κ1) is 23.2. The van der Waals surface area contributed by atoms with Crippen molar-refractivity contribution in [1.29, 1.82) is 0 Å². The molecule has 1 aliphatic rings. The van der Waals surface area contributed by atoms with Crippen molar-refractivity contribution in [2.75, 3.05) is 20.3 Å². The molecule has 8 nitrogen and oxygen atoms in total. The van der Waals surface area contributed by atoms with Crippen LogP contribution in [0.1, 0.15) is 25.5 Å². The number of rotatable bonds is 3. The molecule has 1 unspecified atom stereocenters. The van der Waals surface area contributed by atoms with E-state index < -0.39 is 12.1 Å². The van der Waals surface area contributed by atoms with Gasteiger partial charge in [0.05, 0.1) is 6.61 Å². The van der Waals surface area contributed by atoms with E-state index >= 15 is 0 Å². The summed E-state index contributed by atoms with van der Waals surface area (Å²) in [5, 5.41) is 10.0. The van der Waals surface area contributed by atoms with E-state index in [9.17, 15) is 5.11 Å². The van der Waals surface area contributed by atoms with Crippen molar-refractivity contribution in [3.8, 4) is 5.75 Å². The normalized spacial score (nSPS) is 21.0. The first-order valence-corrected chi connectivity index (χ1v) is 7.56. The second-order valence-corrected chi connectivity index (χ2v) is 5.49. The van der Waals surface area contributed by atoms with Crippen LogP contribution >= 0.6 is 0 Å². The molecule has 0 saturated carbocycles. The number of nitrogens with one attached hydrogen (secondary N) is 2. The van der Waals surface area contributed by atoms with E-state index in [2.05, 4.69) is 14.7 Å². The second kappa shape index (κ2) is 11.7. The minimum absolute atomic E-state index is 0. The molecule has 9 heteroatoms. The summed E-state index contributed by atoms with van der Waals surface area (Å²) in [6, 6.07) is 7.45. The van der Waals surface area contributed by atoms with Gasteiger partial charge in [-0.25, -0.2) is 0 Å². The van der Waals surface area contributed by atoms with E-state index in [1.54, 1.807) is 6.92 Å². The van der Waals surface area contributed by atoms with Crippen molar-refractivity contribution >= 4 is 29.3 Å². The first-order valence-electron chi connectivity index (χ1n) is 7.56. The summed E-state index contributed by atoms with van der Waals surface area (Å²) in [5.41, 5.74) is 20.7. The van der Waals surface area contributed by atoms with Gasteiger partial charge in [0.25, 0.3) is 0 Å². The molecule has 4 N–H and O–H groups in total. The molecule has 0 aromatic heterocycles. The van der Waals surface area contributed by atoms with Crippen molar-refractivity contribution < 1.29 is 14.6 Å². The molecule has 1 heterocycles. The molecule has 3 atom stereocenters. The number of guanidine groups is 2. The largest absolute Gasteiger partial charge is 3.00 e. The molecule has 0 radical (unpaired) electrons. The monoisotopic (exact) mass is 361 g/mol. The van der Waals surface area contributed by atoms with Gasteiger partial charge in [-0.15, -0.1) is 6.10 Å². The van der Waals surface area contributed by atoms with Gasteiger partial charge < -0.3 is 41.8 Å². The molecule has 1 aromatic rings. The predicted octanol–water partition coefficient (Wildman–Crippen LogP) is 1.53. The molecule has 2 rings (SSSR count). The van der Waals surface area contributed by atoms with Crippen LogP contribution in [0.3, 0.4) is 0 Å². The van der Waals surface area contributed by atoms with E-state index in [4.69, 9.17) is 21.9 Å². The maximum absolute atomic E-state index is 10.0. The number of aliphatic imine (C=N–C) groups is 2. The van der Waals surface area contributed by atoms with Crippen LogP contribution in [0.4, 0.5) is 0 Å². The molecule has 1 aliphatic heterocycles. The van der Waals surface area contributed by atoms with Crippen LogP contribution < -0.4 is 15.6 Å². The van der Waals surface area contributed by atoms with Gasteiger partial charge in [0.15, 0.2) is 0 Å². The zero-order valence-corrected chi connectivity index (χ0v) is 15.9. The van der Waals surface area contributed by atoms with E-state index in [-0.39, 0.29) is 35.3 Å². The van der Waals surface area contributed by atoms with E-state index in [1.807, 2.05) is 31.2 Å². The first-order chi connectivity index (χ1) is 11.3. The molecule has 1 aromatic carbocycles. The number of nitrogens with zero attached hydrogens (tertiary/aromatic N) is 2. The number of nitrogens with two attached hydrogens (primary N) is 1. The topological polar surface area (TPSA) is 140 Å². The summed E-state index contributed by atoms with van der Waals surface area (Å²) >= 11 is 0. The molecule has 0 saturated heterocycles. The Hall–Kier alpha value is -1.79. The van der Waals surface area contributed by atoms with Crippen LogP contribution in [0.5, 0.6) is 5.75 Å². The molecule has 0 spiro atoms. The average molecular weight is 361 g/mol. The Kier molecular flexibility index (Phi) is 10.9. The minimum Gasteiger partial charge on any atom is -0.851 e. The number of benzene rings is 1. The fraction of sp³-hybridized carbons (Fsp3) is 0.500. The summed E-state index contributed by atoms with van der Waals surface area (Å²) in [7, 11) is 1.52. The van der Waals surface area contributed by atoms with Gasteiger partial charge in [0.2, 0.25) is 0 Å². The summed E-state index contributed by atoms with van der Waals surface area (Å²) < 4.78 is 10.1. The fourth-order valence-electron chi connectivity index (χ4n) is 2.18. The van der Waals surface area contributed by atoms with Crippen molar-refractivity contribution in [3.05, 3.63) is 41.3 Å². The standard InChI is InChI=1S/C12H15N5O.C4H9O2.Al/c1-7-6-18-9-5-3-2-4-8(9)10(7)16-12(15)17-11(13)14;1-4(5)3-6-2;/h2-5,7,10H,6H2,1H3,(H4-2,13,14,15,16,17);4H,3H2,1-2H3;/q-2;-1;+3/t7-,10+;;/m0../s1. The molecule has 0 fully saturated rings. The van der Waals surface area contributed by atoms with E-state index in [0.717, 1.165) is 11.3 Å². The van der Waals surface area contributed by atoms with E-state index in [1.165, 1.54) is 7.11 Å². The van der Waals surface area contributed by atoms with Gasteiger partial charge in [-0.05, 0) is 6.07 Å². The predicted molar refractivity (Wildman–Crippen MR) is 98.6 cm³/mol. The smallest absolute Gasteiger partial charge is 0.851 e. The van der Waals surface area contributed by atoms with E-state index in [0.29, 0.717) is 13.2 Å². The third kappa shape index (κ3) is 8.23. The van der Waals surface area contributed by atoms with Crippen molar-refractivity contribution in [2.24, 2.45) is 21.6 Å².